The van der Waals surface area contributed by atoms with E-state index < -0.39 is 0 Å². The maximum atomic E-state index is 9.99. The van der Waals surface area contributed by atoms with E-state index in [0.717, 1.165) is 6.29 Å². The third kappa shape index (κ3) is 2.83. The number of carbonyl (C=O) groups is 1. The number of aldehydes is 1. The Hall–Kier alpha value is -1.42. The minimum atomic E-state index is 0.255. The maximum absolute atomic E-state index is 9.99. The topological polar surface area (TPSA) is 68.9 Å². The summed E-state index contributed by atoms with van der Waals surface area (Å²) in [6, 6.07) is 0. The van der Waals surface area contributed by atoms with Gasteiger partial charge in [-0.15, -0.1) is 0 Å². The molecule has 13 heavy (non-hydrogen) atoms. The largest absolute Gasteiger partial charge is 0.382 e. The Bertz CT molecular complexity index is 338. The fraction of sp³-hybridized carbons (Fsp3) is 0.125. The zero-order valence-electron chi connectivity index (χ0n) is 6.77. The van der Waals surface area contributed by atoms with Crippen molar-refractivity contribution in [1.82, 2.24) is 9.97 Å². The molecule has 0 radical (unpaired) electrons. The van der Waals surface area contributed by atoms with Gasteiger partial charge >= 0.3 is 0 Å². The molecule has 0 unspecified atom stereocenters. The molecule has 5 heteroatoms. The smallest absolute Gasteiger partial charge is 0.151 e. The predicted molar refractivity (Wildman–Crippen MR) is 51.2 cm³/mol. The highest BCUT2D eigenvalue weighted by Gasteiger charge is 1.98. The molecule has 0 saturated heterocycles. The van der Waals surface area contributed by atoms with Gasteiger partial charge in [-0.25, -0.2) is 9.97 Å². The molecule has 0 bridgehead atoms. The first-order valence-corrected chi connectivity index (χ1v) is 4.00. The first kappa shape index (κ1) is 9.67. The number of allylic oxidation sites excluding steroid dienone is 1. The van der Waals surface area contributed by atoms with Gasteiger partial charge in [0.05, 0.1) is 6.20 Å². The lowest BCUT2D eigenvalue weighted by atomic mass is 10.3. The van der Waals surface area contributed by atoms with Gasteiger partial charge in [-0.05, 0) is 6.08 Å². The molecule has 0 aliphatic carbocycles. The number of aromatic nitrogens is 2. The zero-order valence-corrected chi connectivity index (χ0v) is 7.53. The molecule has 1 rings (SSSR count). The number of anilines is 1. The molecular weight excluding hydrogens is 190 g/mol. The number of hydrogen-bond acceptors (Lipinski definition) is 4. The highest BCUT2D eigenvalue weighted by atomic mass is 35.5. The van der Waals surface area contributed by atoms with E-state index in [1.54, 1.807) is 12.2 Å². The summed E-state index contributed by atoms with van der Waals surface area (Å²) in [7, 11) is 0. The molecule has 0 aliphatic heterocycles. The van der Waals surface area contributed by atoms with E-state index in [-0.39, 0.29) is 11.0 Å². The zero-order chi connectivity index (χ0) is 9.68. The van der Waals surface area contributed by atoms with Crippen molar-refractivity contribution in [2.24, 2.45) is 0 Å². The Morgan fingerprint density at radius 3 is 3.00 bits per heavy atom. The van der Waals surface area contributed by atoms with Crippen LogP contribution >= 0.6 is 11.6 Å². The van der Waals surface area contributed by atoms with Gasteiger partial charge in [0, 0.05) is 6.42 Å². The van der Waals surface area contributed by atoms with Crippen LogP contribution in [0.15, 0.2) is 12.3 Å². The highest BCUT2D eigenvalue weighted by molar-refractivity contribution is 6.29. The number of hydrogen-bond donors (Lipinski definition) is 1. The Morgan fingerprint density at radius 2 is 2.38 bits per heavy atom. The van der Waals surface area contributed by atoms with Gasteiger partial charge in [-0.2, -0.15) is 0 Å². The summed E-state index contributed by atoms with van der Waals surface area (Å²) in [6.07, 6.45) is 5.81. The van der Waals surface area contributed by atoms with Crippen molar-refractivity contribution in [2.45, 2.75) is 6.42 Å². The first-order chi connectivity index (χ1) is 6.24. The van der Waals surface area contributed by atoms with Crippen LogP contribution in [0.4, 0.5) is 5.82 Å². The van der Waals surface area contributed by atoms with Crippen molar-refractivity contribution in [3.63, 3.8) is 0 Å². The second kappa shape index (κ2) is 4.57. The van der Waals surface area contributed by atoms with Crippen LogP contribution in [0, 0.1) is 0 Å². The van der Waals surface area contributed by atoms with E-state index >= 15 is 0 Å². The van der Waals surface area contributed by atoms with E-state index in [2.05, 4.69) is 9.97 Å². The maximum Gasteiger partial charge on any atom is 0.151 e. The number of nitrogen functional groups attached to an aromatic ring is 1. The van der Waals surface area contributed by atoms with E-state index in [4.69, 9.17) is 17.3 Å². The van der Waals surface area contributed by atoms with Crippen molar-refractivity contribution in [2.75, 3.05) is 5.73 Å². The standard InChI is InChI=1S/C8H8ClN3O/c9-7-5-11-6(8(10)12-7)3-1-2-4-13/h1,3-5H,2H2,(H2,10,12). The van der Waals surface area contributed by atoms with Crippen molar-refractivity contribution >= 4 is 29.8 Å². The van der Waals surface area contributed by atoms with Gasteiger partial charge in [-0.3, -0.25) is 0 Å². The molecule has 1 heterocycles. The van der Waals surface area contributed by atoms with Crippen molar-refractivity contribution in [1.29, 1.82) is 0 Å². The molecule has 0 fully saturated rings. The number of nitrogens with zero attached hydrogens (tertiary/aromatic N) is 2. The van der Waals surface area contributed by atoms with Crippen LogP contribution in [-0.4, -0.2) is 16.3 Å². The van der Waals surface area contributed by atoms with Crippen LogP contribution in [0.5, 0.6) is 0 Å². The Labute approximate surface area is 80.4 Å². The monoisotopic (exact) mass is 197 g/mol. The summed E-state index contributed by atoms with van der Waals surface area (Å²) in [5, 5.41) is 0.255. The minimum absolute atomic E-state index is 0.255. The third-order valence-corrected chi connectivity index (χ3v) is 1.49. The van der Waals surface area contributed by atoms with Gasteiger partial charge in [0.15, 0.2) is 5.82 Å². The summed E-state index contributed by atoms with van der Waals surface area (Å²) in [5.74, 6) is 0.259. The van der Waals surface area contributed by atoms with Gasteiger partial charge < -0.3 is 10.5 Å². The fourth-order valence-corrected chi connectivity index (χ4v) is 0.894. The van der Waals surface area contributed by atoms with E-state index in [1.807, 2.05) is 0 Å². The molecule has 0 spiro atoms. The van der Waals surface area contributed by atoms with Crippen molar-refractivity contribution in [3.05, 3.63) is 23.1 Å². The Balaban J connectivity index is 2.83. The van der Waals surface area contributed by atoms with Crippen LogP contribution in [0.25, 0.3) is 6.08 Å². The quantitative estimate of drug-likeness (QED) is 0.742. The van der Waals surface area contributed by atoms with Gasteiger partial charge in [0.2, 0.25) is 0 Å². The van der Waals surface area contributed by atoms with Gasteiger partial charge in [0.25, 0.3) is 0 Å². The molecule has 0 amide bonds. The van der Waals surface area contributed by atoms with E-state index in [9.17, 15) is 4.79 Å². The van der Waals surface area contributed by atoms with Crippen LogP contribution in [-0.2, 0) is 4.79 Å². The molecule has 4 nitrogen and oxygen atoms in total. The highest BCUT2D eigenvalue weighted by Crippen LogP contribution is 2.11. The molecule has 0 saturated carbocycles. The minimum Gasteiger partial charge on any atom is -0.382 e. The molecule has 0 atom stereocenters. The Morgan fingerprint density at radius 1 is 1.62 bits per heavy atom. The normalized spacial score (nSPS) is 10.5. The SMILES string of the molecule is Nc1nc(Cl)cnc1C=CCC=O. The van der Waals surface area contributed by atoms with E-state index in [0.29, 0.717) is 12.1 Å². The number of halogens is 1. The van der Waals surface area contributed by atoms with Crippen LogP contribution in [0.3, 0.4) is 0 Å². The van der Waals surface area contributed by atoms with E-state index in [1.165, 1.54) is 6.20 Å². The second-order valence-corrected chi connectivity index (χ2v) is 2.66. The lowest BCUT2D eigenvalue weighted by molar-refractivity contribution is -0.107. The summed E-state index contributed by atoms with van der Waals surface area (Å²) < 4.78 is 0. The molecule has 2 N–H and O–H groups in total. The van der Waals surface area contributed by atoms with Crippen LogP contribution in [0.2, 0.25) is 5.15 Å². The summed E-state index contributed by atoms with van der Waals surface area (Å²) in [4.78, 5) is 17.7. The Kier molecular flexibility index (Phi) is 3.40. The van der Waals surface area contributed by atoms with Gasteiger partial charge in [0.1, 0.15) is 17.1 Å². The number of carbonyl (C=O) groups excluding carboxylic acids is 1. The van der Waals surface area contributed by atoms with Crippen molar-refractivity contribution in [3.8, 4) is 0 Å². The van der Waals surface area contributed by atoms with Crippen LogP contribution in [0.1, 0.15) is 12.1 Å². The molecule has 68 valence electrons. The average Bonchev–Trinajstić information content (AvgIpc) is 2.09. The number of rotatable bonds is 3. The van der Waals surface area contributed by atoms with Crippen molar-refractivity contribution < 1.29 is 4.79 Å². The summed E-state index contributed by atoms with van der Waals surface area (Å²) in [5.41, 5.74) is 6.03. The van der Waals surface area contributed by atoms with Gasteiger partial charge in [-0.1, -0.05) is 17.7 Å². The number of nitrogens with two attached hydrogens (primary N) is 1. The fourth-order valence-electron chi connectivity index (χ4n) is 0.754. The molecular formula is C8H8ClN3O. The lowest BCUT2D eigenvalue weighted by Gasteiger charge is -1.97. The lowest BCUT2D eigenvalue weighted by Crippen LogP contribution is -1.96. The van der Waals surface area contributed by atoms with Crippen LogP contribution < -0.4 is 5.73 Å². The molecule has 0 aromatic carbocycles. The third-order valence-electron chi connectivity index (χ3n) is 1.31. The molecule has 1 aromatic rings. The predicted octanol–water partition coefficient (Wildman–Crippen LogP) is 1.31. The molecule has 0 aliphatic rings. The average molecular weight is 198 g/mol. The summed E-state index contributed by atoms with van der Waals surface area (Å²) >= 11 is 5.54. The first-order valence-electron chi connectivity index (χ1n) is 3.62. The summed E-state index contributed by atoms with van der Waals surface area (Å²) in [6.45, 7) is 0. The molecule has 1 aromatic heterocycles. The second-order valence-electron chi connectivity index (χ2n) is 2.27.